The summed E-state index contributed by atoms with van der Waals surface area (Å²) < 4.78 is 0. The van der Waals surface area contributed by atoms with Gasteiger partial charge in [0.25, 0.3) is 11.8 Å². The van der Waals surface area contributed by atoms with E-state index in [-0.39, 0.29) is 11.7 Å². The average molecular weight is 440 g/mol. The van der Waals surface area contributed by atoms with Crippen molar-refractivity contribution in [1.82, 2.24) is 15.7 Å². The summed E-state index contributed by atoms with van der Waals surface area (Å²) >= 11 is 0. The number of carbonyl (C=O) groups excluding carboxylic acids is 2. The molecule has 1 aromatic rings. The van der Waals surface area contributed by atoms with Crippen LogP contribution in [0, 0.1) is 29.6 Å². The number of hydrogen-bond donors (Lipinski definition) is 5. The summed E-state index contributed by atoms with van der Waals surface area (Å²) in [4.78, 5) is 26.4. The third kappa shape index (κ3) is 6.09. The minimum absolute atomic E-state index is 0.188. The second kappa shape index (κ2) is 10.2. The van der Waals surface area contributed by atoms with Crippen molar-refractivity contribution in [2.45, 2.75) is 56.9 Å². The number of aliphatic hydroxyl groups excluding tert-OH is 1. The number of rotatable bonds is 5. The fourth-order valence-electron chi connectivity index (χ4n) is 3.89. The van der Waals surface area contributed by atoms with Crippen molar-refractivity contribution in [3.05, 3.63) is 35.4 Å². The molecule has 1 saturated carbocycles. The molecule has 2 fully saturated rings. The second-order valence-electron chi connectivity index (χ2n) is 8.89. The van der Waals surface area contributed by atoms with Crippen molar-refractivity contribution < 1.29 is 25.0 Å². The van der Waals surface area contributed by atoms with Crippen molar-refractivity contribution in [1.29, 1.82) is 0 Å². The first-order valence-electron chi connectivity index (χ1n) is 10.7. The highest BCUT2D eigenvalue weighted by atomic mass is 16.5. The third-order valence-electron chi connectivity index (χ3n) is 5.87. The quantitative estimate of drug-likeness (QED) is 0.255. The maximum Gasteiger partial charge on any atom is 0.268 e. The Labute approximate surface area is 188 Å². The predicted molar refractivity (Wildman–Crippen MR) is 117 cm³/mol. The van der Waals surface area contributed by atoms with Gasteiger partial charge in [0.1, 0.15) is 6.04 Å². The number of β-amino-alcohol motifs (C(OH)–C–C–N with tert-alkyl or cyclic N) is 1. The first-order chi connectivity index (χ1) is 15.2. The zero-order chi connectivity index (χ0) is 23.3. The Kier molecular flexibility index (Phi) is 7.55. The minimum Gasteiger partial charge on any atom is -0.392 e. The van der Waals surface area contributed by atoms with Crippen LogP contribution in [0.5, 0.6) is 0 Å². The SMILES string of the molecule is CC(C)(O)[C@H](NC(=O)c1ccc(C#CC#CC2CC(N3CC[C@@H](O)C3)C2)cc1)C(=O)NO. The fraction of sp³-hybridized carbons (Fsp3) is 0.500. The van der Waals surface area contributed by atoms with Crippen LogP contribution in [0.4, 0.5) is 0 Å². The molecule has 2 atom stereocenters. The van der Waals surface area contributed by atoms with E-state index in [9.17, 15) is 19.8 Å². The highest BCUT2D eigenvalue weighted by Crippen LogP contribution is 2.33. The lowest BCUT2D eigenvalue weighted by Crippen LogP contribution is -2.57. The number of nitrogens with one attached hydrogen (secondary N) is 2. The smallest absolute Gasteiger partial charge is 0.268 e. The van der Waals surface area contributed by atoms with Gasteiger partial charge in [0.2, 0.25) is 0 Å². The lowest BCUT2D eigenvalue weighted by molar-refractivity contribution is -0.136. The Morgan fingerprint density at radius 1 is 1.19 bits per heavy atom. The van der Waals surface area contributed by atoms with E-state index in [1.165, 1.54) is 19.3 Å². The van der Waals surface area contributed by atoms with Crippen LogP contribution in [0.25, 0.3) is 0 Å². The van der Waals surface area contributed by atoms with Crippen molar-refractivity contribution in [3.8, 4) is 23.7 Å². The first-order valence-corrected chi connectivity index (χ1v) is 10.7. The van der Waals surface area contributed by atoms with E-state index in [4.69, 9.17) is 5.21 Å². The summed E-state index contributed by atoms with van der Waals surface area (Å²) in [5.41, 5.74) is 0.858. The van der Waals surface area contributed by atoms with E-state index < -0.39 is 23.5 Å². The molecule has 0 radical (unpaired) electrons. The minimum atomic E-state index is -1.57. The first kappa shape index (κ1) is 23.8. The molecule has 1 aliphatic carbocycles. The maximum absolute atomic E-state index is 12.4. The van der Waals surface area contributed by atoms with Gasteiger partial charge in [-0.15, -0.1) is 0 Å². The van der Waals surface area contributed by atoms with E-state index in [1.54, 1.807) is 24.3 Å². The molecule has 0 unspecified atom stereocenters. The van der Waals surface area contributed by atoms with Crippen LogP contribution < -0.4 is 10.8 Å². The van der Waals surface area contributed by atoms with Gasteiger partial charge in [-0.3, -0.25) is 19.7 Å². The summed E-state index contributed by atoms with van der Waals surface area (Å²) in [6.07, 6.45) is 2.71. The normalized spacial score (nSPS) is 23.6. The maximum atomic E-state index is 12.4. The Bertz CT molecular complexity index is 956. The molecule has 32 heavy (non-hydrogen) atoms. The zero-order valence-corrected chi connectivity index (χ0v) is 18.3. The van der Waals surface area contributed by atoms with Gasteiger partial charge in [-0.1, -0.05) is 11.8 Å². The number of hydroxylamine groups is 1. The number of carbonyl (C=O) groups is 2. The molecule has 170 valence electrons. The molecule has 8 heteroatoms. The Hall–Kier alpha value is -2.88. The van der Waals surface area contributed by atoms with Gasteiger partial charge in [0.15, 0.2) is 0 Å². The largest absolute Gasteiger partial charge is 0.392 e. The Morgan fingerprint density at radius 3 is 2.44 bits per heavy atom. The molecular formula is C24H29N3O5. The monoisotopic (exact) mass is 439 g/mol. The van der Waals surface area contributed by atoms with E-state index >= 15 is 0 Å². The zero-order valence-electron chi connectivity index (χ0n) is 18.3. The molecular weight excluding hydrogens is 410 g/mol. The Morgan fingerprint density at radius 2 is 1.88 bits per heavy atom. The van der Waals surface area contributed by atoms with Crippen LogP contribution >= 0.6 is 0 Å². The summed E-state index contributed by atoms with van der Waals surface area (Å²) in [6.45, 7) is 4.44. The molecule has 0 aromatic heterocycles. The second-order valence-corrected chi connectivity index (χ2v) is 8.89. The van der Waals surface area contributed by atoms with Crippen LogP contribution in [0.15, 0.2) is 24.3 Å². The molecule has 1 aliphatic heterocycles. The van der Waals surface area contributed by atoms with Gasteiger partial charge in [-0.25, -0.2) is 5.48 Å². The summed E-state index contributed by atoms with van der Waals surface area (Å²) in [5.74, 6) is 10.7. The van der Waals surface area contributed by atoms with Crippen molar-refractivity contribution >= 4 is 11.8 Å². The van der Waals surface area contributed by atoms with E-state index in [0.29, 0.717) is 17.5 Å². The van der Waals surface area contributed by atoms with E-state index in [2.05, 4.69) is 33.9 Å². The highest BCUT2D eigenvalue weighted by Gasteiger charge is 2.36. The standard InChI is InChI=1S/C24H29N3O5/c1-24(2,31)21(23(30)26-32)25-22(29)18-9-7-16(8-10-18)5-3-4-6-17-13-19(14-17)27-12-11-20(28)15-27/h7-10,17,19-21,28,31-32H,11-15H2,1-2H3,(H,25,29)(H,26,30)/t17?,19?,20-,21-/m1/s1. The number of benzene rings is 1. The highest BCUT2D eigenvalue weighted by molar-refractivity contribution is 5.97. The number of nitrogens with zero attached hydrogens (tertiary/aromatic N) is 1. The predicted octanol–water partition coefficient (Wildman–Crippen LogP) is 0.261. The van der Waals surface area contributed by atoms with Gasteiger partial charge in [-0.05, 0) is 69.2 Å². The van der Waals surface area contributed by atoms with Gasteiger partial charge >= 0.3 is 0 Å². The topological polar surface area (TPSA) is 122 Å². The van der Waals surface area contributed by atoms with Crippen LogP contribution in [-0.2, 0) is 4.79 Å². The lowest BCUT2D eigenvalue weighted by Gasteiger charge is -2.38. The molecule has 1 aromatic carbocycles. The summed E-state index contributed by atoms with van der Waals surface area (Å²) in [5, 5.41) is 30.9. The third-order valence-corrected chi connectivity index (χ3v) is 5.87. The van der Waals surface area contributed by atoms with Gasteiger partial charge in [-0.2, -0.15) is 0 Å². The molecule has 8 nitrogen and oxygen atoms in total. The molecule has 3 rings (SSSR count). The molecule has 0 bridgehead atoms. The summed E-state index contributed by atoms with van der Waals surface area (Å²) in [6, 6.07) is 5.67. The molecule has 2 aliphatic rings. The Balaban J connectivity index is 1.51. The summed E-state index contributed by atoms with van der Waals surface area (Å²) in [7, 11) is 0. The van der Waals surface area contributed by atoms with Crippen LogP contribution in [0.2, 0.25) is 0 Å². The molecule has 1 saturated heterocycles. The molecule has 2 amide bonds. The van der Waals surface area contributed by atoms with E-state index in [1.807, 2.05) is 0 Å². The number of hydrogen-bond acceptors (Lipinski definition) is 6. The average Bonchev–Trinajstić information content (AvgIpc) is 3.15. The molecule has 5 N–H and O–H groups in total. The van der Waals surface area contributed by atoms with Crippen molar-refractivity contribution in [2.75, 3.05) is 13.1 Å². The van der Waals surface area contributed by atoms with Gasteiger partial charge in [0, 0.05) is 36.2 Å². The van der Waals surface area contributed by atoms with Gasteiger partial charge < -0.3 is 15.5 Å². The number of amides is 2. The fourth-order valence-corrected chi connectivity index (χ4v) is 3.89. The molecule has 1 heterocycles. The lowest BCUT2D eigenvalue weighted by atomic mass is 9.80. The van der Waals surface area contributed by atoms with Crippen LogP contribution in [-0.4, -0.2) is 69.0 Å². The number of likely N-dealkylation sites (tertiary alicyclic amines) is 1. The van der Waals surface area contributed by atoms with Crippen LogP contribution in [0.3, 0.4) is 0 Å². The number of aliphatic hydroxyl groups is 2. The molecule has 0 spiro atoms. The van der Waals surface area contributed by atoms with Crippen molar-refractivity contribution in [2.24, 2.45) is 5.92 Å². The van der Waals surface area contributed by atoms with Gasteiger partial charge in [0.05, 0.1) is 11.7 Å². The van der Waals surface area contributed by atoms with Crippen molar-refractivity contribution in [3.63, 3.8) is 0 Å². The van der Waals surface area contributed by atoms with E-state index in [0.717, 1.165) is 32.4 Å². The van der Waals surface area contributed by atoms with Crippen LogP contribution in [0.1, 0.15) is 49.0 Å².